The molecule has 4 nitrogen and oxygen atoms in total. The van der Waals surface area contributed by atoms with E-state index in [4.69, 9.17) is 0 Å². The summed E-state index contributed by atoms with van der Waals surface area (Å²) in [6.45, 7) is 12.1. The Kier molecular flexibility index (Phi) is 5.31. The summed E-state index contributed by atoms with van der Waals surface area (Å²) in [7, 11) is 2.00. The quantitative estimate of drug-likeness (QED) is 0.866. The second-order valence-corrected chi connectivity index (χ2v) is 7.79. The van der Waals surface area contributed by atoms with E-state index >= 15 is 0 Å². The third kappa shape index (κ3) is 3.78. The number of hydrogen-bond acceptors (Lipinski definition) is 3. The van der Waals surface area contributed by atoms with Crippen LogP contribution in [0.4, 0.5) is 0 Å². The fourth-order valence-corrected chi connectivity index (χ4v) is 3.81. The summed E-state index contributed by atoms with van der Waals surface area (Å²) in [5, 5.41) is 3.45. The van der Waals surface area contributed by atoms with Crippen LogP contribution in [-0.4, -0.2) is 60.5 Å². The Morgan fingerprint density at radius 2 is 1.90 bits per heavy atom. The summed E-state index contributed by atoms with van der Waals surface area (Å²) in [5.74, 6) is 0.294. The molecule has 2 fully saturated rings. The van der Waals surface area contributed by atoms with Crippen LogP contribution in [0.1, 0.15) is 53.4 Å². The number of nitrogens with one attached hydrogen (secondary N) is 1. The molecule has 2 heterocycles. The standard InChI is InChI=1S/C17H33N3O/c1-13(2)20-11-7-14(8-12-20)19(5)16(21)15-17(3,4)9-6-10-18-15/h13-15,18H,6-12H2,1-5H3. The van der Waals surface area contributed by atoms with Crippen molar-refractivity contribution < 1.29 is 4.79 Å². The Labute approximate surface area is 130 Å². The minimum absolute atomic E-state index is 0.0145. The van der Waals surface area contributed by atoms with Crippen molar-refractivity contribution in [3.63, 3.8) is 0 Å². The van der Waals surface area contributed by atoms with Crippen molar-refractivity contribution in [2.45, 2.75) is 71.5 Å². The molecule has 2 aliphatic rings. The smallest absolute Gasteiger partial charge is 0.240 e. The highest BCUT2D eigenvalue weighted by Gasteiger charge is 2.40. The average molecular weight is 295 g/mol. The molecule has 1 atom stereocenters. The van der Waals surface area contributed by atoms with Gasteiger partial charge in [-0.15, -0.1) is 0 Å². The third-order valence-corrected chi connectivity index (χ3v) is 5.50. The van der Waals surface area contributed by atoms with Crippen LogP contribution in [0.25, 0.3) is 0 Å². The Hall–Kier alpha value is -0.610. The highest BCUT2D eigenvalue weighted by molar-refractivity contribution is 5.83. The van der Waals surface area contributed by atoms with Crippen molar-refractivity contribution >= 4 is 5.91 Å². The zero-order valence-corrected chi connectivity index (χ0v) is 14.5. The maximum Gasteiger partial charge on any atom is 0.240 e. The molecule has 0 bridgehead atoms. The van der Waals surface area contributed by atoms with Crippen LogP contribution >= 0.6 is 0 Å². The van der Waals surface area contributed by atoms with Crippen molar-refractivity contribution in [1.82, 2.24) is 15.1 Å². The molecule has 1 amide bonds. The molecule has 21 heavy (non-hydrogen) atoms. The van der Waals surface area contributed by atoms with Crippen LogP contribution in [0.15, 0.2) is 0 Å². The fraction of sp³-hybridized carbons (Fsp3) is 0.941. The number of amides is 1. The summed E-state index contributed by atoms with van der Waals surface area (Å²) >= 11 is 0. The number of likely N-dealkylation sites (tertiary alicyclic amines) is 1. The molecule has 0 aromatic heterocycles. The van der Waals surface area contributed by atoms with E-state index in [1.165, 1.54) is 6.42 Å². The van der Waals surface area contributed by atoms with E-state index < -0.39 is 0 Å². The highest BCUT2D eigenvalue weighted by Crippen LogP contribution is 2.31. The Morgan fingerprint density at radius 3 is 2.43 bits per heavy atom. The average Bonchev–Trinajstić information content (AvgIpc) is 2.45. The number of carbonyl (C=O) groups is 1. The maximum absolute atomic E-state index is 12.9. The molecule has 0 spiro atoms. The van der Waals surface area contributed by atoms with Crippen molar-refractivity contribution in [2.75, 3.05) is 26.7 Å². The molecular weight excluding hydrogens is 262 g/mol. The van der Waals surface area contributed by atoms with E-state index in [9.17, 15) is 4.79 Å². The van der Waals surface area contributed by atoms with Gasteiger partial charge in [0.15, 0.2) is 0 Å². The molecule has 0 aromatic rings. The second kappa shape index (κ2) is 6.66. The number of rotatable bonds is 3. The largest absolute Gasteiger partial charge is 0.341 e. The van der Waals surface area contributed by atoms with Gasteiger partial charge in [-0.3, -0.25) is 4.79 Å². The molecular formula is C17H33N3O. The normalized spacial score (nSPS) is 27.8. The maximum atomic E-state index is 12.9. The molecule has 2 saturated heterocycles. The van der Waals surface area contributed by atoms with Crippen molar-refractivity contribution in [3.8, 4) is 0 Å². The number of piperidine rings is 2. The van der Waals surface area contributed by atoms with Crippen LogP contribution in [0.3, 0.4) is 0 Å². The lowest BCUT2D eigenvalue weighted by Gasteiger charge is -2.43. The van der Waals surface area contributed by atoms with E-state index in [1.54, 1.807) is 0 Å². The first kappa shape index (κ1) is 16.8. The molecule has 1 unspecified atom stereocenters. The van der Waals surface area contributed by atoms with Crippen LogP contribution in [0.5, 0.6) is 0 Å². The van der Waals surface area contributed by atoms with Gasteiger partial charge in [-0.25, -0.2) is 0 Å². The first-order chi connectivity index (χ1) is 9.83. The molecule has 0 radical (unpaired) electrons. The van der Waals surface area contributed by atoms with E-state index in [0.29, 0.717) is 18.0 Å². The van der Waals surface area contributed by atoms with Gasteiger partial charge in [0.1, 0.15) is 0 Å². The molecule has 2 rings (SSSR count). The molecule has 2 aliphatic heterocycles. The molecule has 0 saturated carbocycles. The fourth-order valence-electron chi connectivity index (χ4n) is 3.81. The first-order valence-electron chi connectivity index (χ1n) is 8.57. The van der Waals surface area contributed by atoms with Gasteiger partial charge in [0.05, 0.1) is 6.04 Å². The molecule has 4 heteroatoms. The van der Waals surface area contributed by atoms with Crippen LogP contribution < -0.4 is 5.32 Å². The first-order valence-corrected chi connectivity index (χ1v) is 8.57. The van der Waals surface area contributed by atoms with Crippen LogP contribution in [-0.2, 0) is 4.79 Å². The predicted octanol–water partition coefficient (Wildman–Crippen LogP) is 2.10. The number of nitrogens with zero attached hydrogens (tertiary/aromatic N) is 2. The van der Waals surface area contributed by atoms with E-state index in [0.717, 1.165) is 38.9 Å². The topological polar surface area (TPSA) is 35.6 Å². The number of hydrogen-bond donors (Lipinski definition) is 1. The highest BCUT2D eigenvalue weighted by atomic mass is 16.2. The monoisotopic (exact) mass is 295 g/mol. The van der Waals surface area contributed by atoms with Gasteiger partial charge in [0, 0.05) is 32.2 Å². The lowest BCUT2D eigenvalue weighted by Crippen LogP contribution is -2.58. The summed E-state index contributed by atoms with van der Waals surface area (Å²) in [6, 6.07) is 1.01. The van der Waals surface area contributed by atoms with Gasteiger partial charge in [-0.1, -0.05) is 13.8 Å². The van der Waals surface area contributed by atoms with Crippen molar-refractivity contribution in [1.29, 1.82) is 0 Å². The SMILES string of the molecule is CC(C)N1CCC(N(C)C(=O)C2NCCCC2(C)C)CC1. The number of likely N-dealkylation sites (N-methyl/N-ethyl adjacent to an activating group) is 1. The number of carbonyl (C=O) groups excluding carboxylic acids is 1. The Bertz CT molecular complexity index is 359. The van der Waals surface area contributed by atoms with E-state index in [1.807, 2.05) is 11.9 Å². The summed E-state index contributed by atoms with van der Waals surface area (Å²) in [4.78, 5) is 17.4. The van der Waals surface area contributed by atoms with E-state index in [-0.39, 0.29) is 11.5 Å². The summed E-state index contributed by atoms with van der Waals surface area (Å²) in [5.41, 5.74) is 0.0717. The molecule has 1 N–H and O–H groups in total. The van der Waals surface area contributed by atoms with Crippen molar-refractivity contribution in [3.05, 3.63) is 0 Å². The Balaban J connectivity index is 1.94. The molecule has 122 valence electrons. The van der Waals surface area contributed by atoms with Gasteiger partial charge in [-0.2, -0.15) is 0 Å². The summed E-state index contributed by atoms with van der Waals surface area (Å²) in [6.07, 6.45) is 4.52. The van der Waals surface area contributed by atoms with Crippen LogP contribution in [0, 0.1) is 5.41 Å². The lowest BCUT2D eigenvalue weighted by molar-refractivity contribution is -0.139. The van der Waals surface area contributed by atoms with Crippen molar-refractivity contribution in [2.24, 2.45) is 5.41 Å². The second-order valence-electron chi connectivity index (χ2n) is 7.79. The van der Waals surface area contributed by atoms with Crippen LogP contribution in [0.2, 0.25) is 0 Å². The Morgan fingerprint density at radius 1 is 1.29 bits per heavy atom. The van der Waals surface area contributed by atoms with Gasteiger partial charge in [0.25, 0.3) is 0 Å². The van der Waals surface area contributed by atoms with Gasteiger partial charge in [-0.05, 0) is 51.5 Å². The van der Waals surface area contributed by atoms with Gasteiger partial charge in [0.2, 0.25) is 5.91 Å². The zero-order valence-electron chi connectivity index (χ0n) is 14.5. The summed E-state index contributed by atoms with van der Waals surface area (Å²) < 4.78 is 0. The molecule has 0 aliphatic carbocycles. The predicted molar refractivity (Wildman–Crippen MR) is 87.3 cm³/mol. The zero-order chi connectivity index (χ0) is 15.6. The van der Waals surface area contributed by atoms with Gasteiger partial charge < -0.3 is 15.1 Å². The minimum atomic E-state index is -0.0145. The minimum Gasteiger partial charge on any atom is -0.341 e. The molecule has 0 aromatic carbocycles. The van der Waals surface area contributed by atoms with Gasteiger partial charge >= 0.3 is 0 Å². The van der Waals surface area contributed by atoms with E-state index in [2.05, 4.69) is 37.9 Å². The lowest BCUT2D eigenvalue weighted by atomic mass is 9.77. The third-order valence-electron chi connectivity index (χ3n) is 5.50.